The highest BCUT2D eigenvalue weighted by Gasteiger charge is 2.17. The molecule has 0 saturated heterocycles. The molecule has 1 atom stereocenters. The summed E-state index contributed by atoms with van der Waals surface area (Å²) in [5.41, 5.74) is 1.74. The zero-order valence-electron chi connectivity index (χ0n) is 15.7. The maximum absolute atomic E-state index is 11.9. The molecule has 0 spiro atoms. The molecule has 7 nitrogen and oxygen atoms in total. The summed E-state index contributed by atoms with van der Waals surface area (Å²) < 4.78 is 10.2. The Balaban J connectivity index is 1.59. The smallest absolute Gasteiger partial charge is 0.407 e. The van der Waals surface area contributed by atoms with Gasteiger partial charge in [-0.15, -0.1) is 0 Å². The maximum atomic E-state index is 11.9. The van der Waals surface area contributed by atoms with Gasteiger partial charge in [0.05, 0.1) is 0 Å². The zero-order chi connectivity index (χ0) is 20.2. The van der Waals surface area contributed by atoms with Crippen LogP contribution in [-0.2, 0) is 32.3 Å². The number of esters is 1. The third kappa shape index (κ3) is 7.90. The number of hydrogen-bond acceptors (Lipinski definition) is 5. The molecule has 0 heterocycles. The number of amides is 2. The van der Waals surface area contributed by atoms with Crippen LogP contribution in [0.1, 0.15) is 24.5 Å². The Kier molecular flexibility index (Phi) is 8.52. The lowest BCUT2D eigenvalue weighted by Crippen LogP contribution is -2.40. The van der Waals surface area contributed by atoms with Gasteiger partial charge >= 0.3 is 12.1 Å². The van der Waals surface area contributed by atoms with Crippen molar-refractivity contribution in [3.05, 3.63) is 71.8 Å². The Bertz CT molecular complexity index is 765. The highest BCUT2D eigenvalue weighted by molar-refractivity contribution is 5.84. The van der Waals surface area contributed by atoms with Crippen molar-refractivity contribution in [3.63, 3.8) is 0 Å². The van der Waals surface area contributed by atoms with E-state index < -0.39 is 18.1 Å². The van der Waals surface area contributed by atoms with Crippen molar-refractivity contribution in [2.75, 3.05) is 6.54 Å². The number of carbonyl (C=O) groups excluding carboxylic acids is 3. The molecule has 2 rings (SSSR count). The van der Waals surface area contributed by atoms with Crippen LogP contribution in [0.25, 0.3) is 0 Å². The number of benzene rings is 2. The van der Waals surface area contributed by atoms with Gasteiger partial charge in [-0.3, -0.25) is 4.79 Å². The molecule has 0 bridgehead atoms. The largest absolute Gasteiger partial charge is 0.459 e. The molecule has 148 valence electrons. The minimum atomic E-state index is -0.777. The Morgan fingerprint density at radius 2 is 1.39 bits per heavy atom. The van der Waals surface area contributed by atoms with Crippen LogP contribution in [0.15, 0.2) is 60.7 Å². The molecule has 2 N–H and O–H groups in total. The van der Waals surface area contributed by atoms with Crippen LogP contribution in [0.5, 0.6) is 0 Å². The third-order valence-corrected chi connectivity index (χ3v) is 3.79. The molecular weight excluding hydrogens is 360 g/mol. The minimum Gasteiger partial charge on any atom is -0.459 e. The summed E-state index contributed by atoms with van der Waals surface area (Å²) >= 11 is 0. The van der Waals surface area contributed by atoms with Gasteiger partial charge in [0.1, 0.15) is 19.3 Å². The fraction of sp³-hybridized carbons (Fsp3) is 0.286. The topological polar surface area (TPSA) is 93.7 Å². The van der Waals surface area contributed by atoms with Gasteiger partial charge in [0.2, 0.25) is 5.91 Å². The molecule has 0 aliphatic heterocycles. The van der Waals surface area contributed by atoms with E-state index in [-0.39, 0.29) is 32.1 Å². The molecule has 0 radical (unpaired) electrons. The lowest BCUT2D eigenvalue weighted by atomic mass is 10.2. The molecule has 2 aromatic carbocycles. The van der Waals surface area contributed by atoms with E-state index in [1.54, 1.807) is 6.92 Å². The van der Waals surface area contributed by atoms with Gasteiger partial charge in [-0.2, -0.15) is 0 Å². The van der Waals surface area contributed by atoms with Gasteiger partial charge < -0.3 is 20.1 Å². The molecule has 0 unspecified atom stereocenters. The summed E-state index contributed by atoms with van der Waals surface area (Å²) in [6.45, 7) is 1.95. The molecule has 0 saturated carbocycles. The molecule has 2 amide bonds. The van der Waals surface area contributed by atoms with Gasteiger partial charge in [-0.1, -0.05) is 60.7 Å². The summed E-state index contributed by atoms with van der Waals surface area (Å²) in [5, 5.41) is 5.04. The summed E-state index contributed by atoms with van der Waals surface area (Å²) in [5.74, 6) is -0.889. The van der Waals surface area contributed by atoms with Crippen LogP contribution >= 0.6 is 0 Å². The van der Waals surface area contributed by atoms with Gasteiger partial charge in [0.15, 0.2) is 0 Å². The Hall–Kier alpha value is -3.35. The molecule has 0 fully saturated rings. The molecule has 28 heavy (non-hydrogen) atoms. The first-order valence-corrected chi connectivity index (χ1v) is 8.99. The molecule has 0 aliphatic carbocycles. The maximum Gasteiger partial charge on any atom is 0.407 e. The van der Waals surface area contributed by atoms with Crippen molar-refractivity contribution < 1.29 is 23.9 Å². The normalized spacial score (nSPS) is 11.2. The Labute approximate surface area is 164 Å². The Morgan fingerprint density at radius 3 is 1.96 bits per heavy atom. The molecule has 7 heteroatoms. The fourth-order valence-electron chi connectivity index (χ4n) is 2.28. The first-order valence-electron chi connectivity index (χ1n) is 8.99. The second-order valence-electron chi connectivity index (χ2n) is 6.12. The van der Waals surface area contributed by atoms with Gasteiger partial charge in [0, 0.05) is 13.0 Å². The number of nitrogens with one attached hydrogen (secondary N) is 2. The molecular formula is C21H24N2O5. The lowest BCUT2D eigenvalue weighted by molar-refractivity contribution is -0.148. The van der Waals surface area contributed by atoms with Crippen molar-refractivity contribution >= 4 is 18.0 Å². The van der Waals surface area contributed by atoms with Crippen LogP contribution < -0.4 is 10.6 Å². The predicted octanol–water partition coefficient (Wildman–Crippen LogP) is 2.55. The first kappa shape index (κ1) is 21.0. The van der Waals surface area contributed by atoms with Crippen molar-refractivity contribution in [1.29, 1.82) is 0 Å². The third-order valence-electron chi connectivity index (χ3n) is 3.79. The molecule has 0 aliphatic rings. The van der Waals surface area contributed by atoms with Crippen LogP contribution in [0.3, 0.4) is 0 Å². The SMILES string of the molecule is C[C@H](NC(=O)CCNC(=O)OCc1ccccc1)C(=O)OCc1ccccc1. The van der Waals surface area contributed by atoms with Crippen LogP contribution in [0.4, 0.5) is 4.79 Å². The number of hydrogen-bond donors (Lipinski definition) is 2. The van der Waals surface area contributed by atoms with Crippen molar-refractivity contribution in [3.8, 4) is 0 Å². The fourth-order valence-corrected chi connectivity index (χ4v) is 2.28. The summed E-state index contributed by atoms with van der Waals surface area (Å²) in [4.78, 5) is 35.4. The first-order chi connectivity index (χ1) is 13.5. The van der Waals surface area contributed by atoms with E-state index >= 15 is 0 Å². The predicted molar refractivity (Wildman–Crippen MR) is 103 cm³/mol. The number of alkyl carbamates (subject to hydrolysis) is 1. The lowest BCUT2D eigenvalue weighted by Gasteiger charge is -2.13. The molecule has 0 aromatic heterocycles. The average Bonchev–Trinajstić information content (AvgIpc) is 2.72. The van der Waals surface area contributed by atoms with E-state index in [1.165, 1.54) is 0 Å². The van der Waals surface area contributed by atoms with Crippen molar-refractivity contribution in [2.24, 2.45) is 0 Å². The number of ether oxygens (including phenoxy) is 2. The van der Waals surface area contributed by atoms with E-state index in [0.29, 0.717) is 0 Å². The van der Waals surface area contributed by atoms with Gasteiger partial charge in [-0.05, 0) is 18.1 Å². The minimum absolute atomic E-state index is 0.0245. The average molecular weight is 384 g/mol. The quantitative estimate of drug-likeness (QED) is 0.648. The van der Waals surface area contributed by atoms with E-state index in [0.717, 1.165) is 11.1 Å². The van der Waals surface area contributed by atoms with E-state index in [1.807, 2.05) is 60.7 Å². The Morgan fingerprint density at radius 1 is 0.857 bits per heavy atom. The van der Waals surface area contributed by atoms with E-state index in [4.69, 9.17) is 9.47 Å². The second-order valence-corrected chi connectivity index (χ2v) is 6.12. The van der Waals surface area contributed by atoms with Crippen molar-refractivity contribution in [2.45, 2.75) is 32.6 Å². The highest BCUT2D eigenvalue weighted by Crippen LogP contribution is 2.02. The zero-order valence-corrected chi connectivity index (χ0v) is 15.7. The van der Waals surface area contributed by atoms with Crippen LogP contribution in [0, 0.1) is 0 Å². The monoisotopic (exact) mass is 384 g/mol. The standard InChI is InChI=1S/C21H24N2O5/c1-16(20(25)27-14-17-8-4-2-5-9-17)23-19(24)12-13-22-21(26)28-15-18-10-6-3-7-11-18/h2-11,16H,12-15H2,1H3,(H,22,26)(H,23,24)/t16-/m0/s1. The summed E-state index contributed by atoms with van der Waals surface area (Å²) in [7, 11) is 0. The van der Waals surface area contributed by atoms with Gasteiger partial charge in [0.25, 0.3) is 0 Å². The second kappa shape index (κ2) is 11.4. The molecule has 2 aromatic rings. The summed E-state index contributed by atoms with van der Waals surface area (Å²) in [6, 6.07) is 17.8. The van der Waals surface area contributed by atoms with Crippen molar-refractivity contribution in [1.82, 2.24) is 10.6 Å². The number of rotatable bonds is 9. The van der Waals surface area contributed by atoms with Crippen LogP contribution in [0.2, 0.25) is 0 Å². The van der Waals surface area contributed by atoms with E-state index in [2.05, 4.69) is 10.6 Å². The van der Waals surface area contributed by atoms with Gasteiger partial charge in [-0.25, -0.2) is 9.59 Å². The van der Waals surface area contributed by atoms with Crippen LogP contribution in [-0.4, -0.2) is 30.6 Å². The number of carbonyl (C=O) groups is 3. The highest BCUT2D eigenvalue weighted by atomic mass is 16.5. The van der Waals surface area contributed by atoms with E-state index in [9.17, 15) is 14.4 Å². The summed E-state index contributed by atoms with van der Waals surface area (Å²) in [6.07, 6.45) is -0.580.